The molecule has 0 bridgehead atoms. The lowest BCUT2D eigenvalue weighted by Gasteiger charge is -2.20. The average molecular weight is 366 g/mol. The molecule has 5 heteroatoms. The van der Waals surface area contributed by atoms with Gasteiger partial charge in [-0.1, -0.05) is 30.3 Å². The quantitative estimate of drug-likeness (QED) is 0.817. The fourth-order valence-electron chi connectivity index (χ4n) is 4.14. The molecule has 1 amide bonds. The Kier molecular flexibility index (Phi) is 5.12. The molecule has 5 nitrogen and oxygen atoms in total. The molecule has 142 valence electrons. The van der Waals surface area contributed by atoms with Gasteiger partial charge in [-0.15, -0.1) is 0 Å². The maximum atomic E-state index is 12.6. The minimum atomic E-state index is 0.138. The molecular formula is C22H26N2O3. The highest BCUT2D eigenvalue weighted by Gasteiger charge is 2.45. The zero-order valence-corrected chi connectivity index (χ0v) is 15.9. The Morgan fingerprint density at radius 1 is 1.19 bits per heavy atom. The number of aromatic nitrogens is 1. The van der Waals surface area contributed by atoms with Gasteiger partial charge in [0.25, 0.3) is 0 Å². The number of ether oxygens (including phenoxy) is 2. The summed E-state index contributed by atoms with van der Waals surface area (Å²) in [6.45, 7) is 6.73. The van der Waals surface area contributed by atoms with Gasteiger partial charge in [-0.3, -0.25) is 9.78 Å². The van der Waals surface area contributed by atoms with Gasteiger partial charge < -0.3 is 14.4 Å². The number of benzene rings is 1. The summed E-state index contributed by atoms with van der Waals surface area (Å²) < 4.78 is 12.0. The molecule has 0 saturated carbocycles. The number of nitrogens with zero attached hydrogens (tertiary/aromatic N) is 2. The number of fused-ring (bicyclic) bond motifs is 1. The van der Waals surface area contributed by atoms with Gasteiger partial charge in [-0.2, -0.15) is 0 Å². The fourth-order valence-corrected chi connectivity index (χ4v) is 4.14. The van der Waals surface area contributed by atoms with Crippen LogP contribution in [0.3, 0.4) is 0 Å². The molecule has 0 unspecified atom stereocenters. The molecule has 0 aliphatic carbocycles. The molecule has 3 heterocycles. The third-order valence-electron chi connectivity index (χ3n) is 5.51. The Balaban J connectivity index is 1.33. The molecule has 2 aromatic rings. The zero-order chi connectivity index (χ0) is 18.8. The van der Waals surface area contributed by atoms with Gasteiger partial charge in [-0.05, 0) is 19.4 Å². The number of rotatable bonds is 5. The van der Waals surface area contributed by atoms with Gasteiger partial charge in [0, 0.05) is 48.4 Å². The Morgan fingerprint density at radius 2 is 1.93 bits per heavy atom. The largest absolute Gasteiger partial charge is 0.493 e. The molecule has 2 aliphatic rings. The minimum Gasteiger partial charge on any atom is -0.493 e. The molecule has 3 atom stereocenters. The van der Waals surface area contributed by atoms with Crippen LogP contribution in [0.2, 0.25) is 0 Å². The third kappa shape index (κ3) is 4.14. The van der Waals surface area contributed by atoms with E-state index in [0.717, 1.165) is 29.2 Å². The predicted octanol–water partition coefficient (Wildman–Crippen LogP) is 2.79. The molecule has 2 aliphatic heterocycles. The van der Waals surface area contributed by atoms with E-state index < -0.39 is 0 Å². The summed E-state index contributed by atoms with van der Waals surface area (Å²) in [5, 5.41) is 0. The second-order valence-corrected chi connectivity index (χ2v) is 7.65. The normalized spacial score (nSPS) is 24.1. The summed E-state index contributed by atoms with van der Waals surface area (Å²) in [7, 11) is 0. The van der Waals surface area contributed by atoms with E-state index in [4.69, 9.17) is 9.47 Å². The van der Waals surface area contributed by atoms with E-state index >= 15 is 0 Å². The van der Waals surface area contributed by atoms with Crippen molar-refractivity contribution in [1.29, 1.82) is 0 Å². The van der Waals surface area contributed by atoms with Crippen LogP contribution in [-0.2, 0) is 16.0 Å². The number of carbonyl (C=O) groups excluding carboxylic acids is 1. The lowest BCUT2D eigenvalue weighted by atomic mass is 9.94. The summed E-state index contributed by atoms with van der Waals surface area (Å²) in [4.78, 5) is 19.0. The van der Waals surface area contributed by atoms with Crippen LogP contribution in [0.25, 0.3) is 0 Å². The van der Waals surface area contributed by atoms with Crippen LogP contribution in [0.1, 0.15) is 17.0 Å². The molecule has 4 rings (SSSR count). The highest BCUT2D eigenvalue weighted by Crippen LogP contribution is 2.34. The standard InChI is InChI=1S/C22H26N2O3/c1-15-8-19(9-16(2)23-15)26-13-18-14-27-21-12-24(11-20(18)21)22(25)10-17-6-4-3-5-7-17/h3-9,18,20-21H,10-14H2,1-2H3/t18-,20+,21+/m0/s1. The van der Waals surface area contributed by atoms with Crippen LogP contribution in [0, 0.1) is 25.7 Å². The number of pyridine rings is 1. The monoisotopic (exact) mass is 366 g/mol. The van der Waals surface area contributed by atoms with Gasteiger partial charge >= 0.3 is 0 Å². The molecule has 1 aromatic heterocycles. The van der Waals surface area contributed by atoms with Crippen molar-refractivity contribution in [3.8, 4) is 5.75 Å². The van der Waals surface area contributed by atoms with Crippen LogP contribution in [0.15, 0.2) is 42.5 Å². The second-order valence-electron chi connectivity index (χ2n) is 7.65. The maximum absolute atomic E-state index is 12.6. The topological polar surface area (TPSA) is 51.7 Å². The number of hydrogen-bond acceptors (Lipinski definition) is 4. The van der Waals surface area contributed by atoms with Crippen molar-refractivity contribution in [2.75, 3.05) is 26.3 Å². The van der Waals surface area contributed by atoms with Crippen molar-refractivity contribution in [3.63, 3.8) is 0 Å². The highest BCUT2D eigenvalue weighted by atomic mass is 16.5. The van der Waals surface area contributed by atoms with Gasteiger partial charge in [0.05, 0.1) is 25.7 Å². The van der Waals surface area contributed by atoms with Gasteiger partial charge in [0.1, 0.15) is 5.75 Å². The van der Waals surface area contributed by atoms with Crippen LogP contribution < -0.4 is 4.74 Å². The first-order chi connectivity index (χ1) is 13.1. The summed E-state index contributed by atoms with van der Waals surface area (Å²) in [5.41, 5.74) is 2.98. The van der Waals surface area contributed by atoms with Crippen molar-refractivity contribution in [1.82, 2.24) is 9.88 Å². The van der Waals surface area contributed by atoms with Crippen molar-refractivity contribution >= 4 is 5.91 Å². The first-order valence-electron chi connectivity index (χ1n) is 9.60. The lowest BCUT2D eigenvalue weighted by Crippen LogP contribution is -2.33. The van der Waals surface area contributed by atoms with Crippen molar-refractivity contribution in [3.05, 3.63) is 59.4 Å². The van der Waals surface area contributed by atoms with Crippen LogP contribution in [0.5, 0.6) is 5.75 Å². The Labute approximate surface area is 160 Å². The predicted molar refractivity (Wildman–Crippen MR) is 103 cm³/mol. The van der Waals surface area contributed by atoms with E-state index in [0.29, 0.717) is 38.0 Å². The van der Waals surface area contributed by atoms with E-state index in [2.05, 4.69) is 4.98 Å². The van der Waals surface area contributed by atoms with Gasteiger partial charge in [-0.25, -0.2) is 0 Å². The van der Waals surface area contributed by atoms with E-state index in [-0.39, 0.29) is 12.0 Å². The smallest absolute Gasteiger partial charge is 0.227 e. The van der Waals surface area contributed by atoms with E-state index in [1.807, 2.05) is 61.2 Å². The molecule has 0 N–H and O–H groups in total. The second kappa shape index (κ2) is 7.69. The SMILES string of the molecule is Cc1cc(OC[C@H]2CO[C@@H]3CN(C(=O)Cc4ccccc4)C[C@H]23)cc(C)n1. The summed E-state index contributed by atoms with van der Waals surface area (Å²) in [6, 6.07) is 13.8. The molecule has 0 radical (unpaired) electrons. The number of aryl methyl sites for hydroxylation is 2. The van der Waals surface area contributed by atoms with Crippen molar-refractivity contribution in [2.45, 2.75) is 26.4 Å². The molecule has 0 spiro atoms. The minimum absolute atomic E-state index is 0.138. The number of carbonyl (C=O) groups is 1. The molecule has 2 fully saturated rings. The third-order valence-corrected chi connectivity index (χ3v) is 5.51. The molecule has 2 saturated heterocycles. The highest BCUT2D eigenvalue weighted by molar-refractivity contribution is 5.79. The van der Waals surface area contributed by atoms with Crippen LogP contribution in [-0.4, -0.2) is 48.2 Å². The first-order valence-corrected chi connectivity index (χ1v) is 9.60. The Hall–Kier alpha value is -2.40. The van der Waals surface area contributed by atoms with Crippen LogP contribution >= 0.6 is 0 Å². The van der Waals surface area contributed by atoms with Gasteiger partial charge in [0.15, 0.2) is 0 Å². The van der Waals surface area contributed by atoms with E-state index in [1.165, 1.54) is 0 Å². The zero-order valence-electron chi connectivity index (χ0n) is 15.9. The number of hydrogen-bond donors (Lipinski definition) is 0. The summed E-state index contributed by atoms with van der Waals surface area (Å²) in [6.07, 6.45) is 0.594. The number of amides is 1. The fraction of sp³-hybridized carbons (Fsp3) is 0.455. The molecular weight excluding hydrogens is 340 g/mol. The van der Waals surface area contributed by atoms with E-state index in [9.17, 15) is 4.79 Å². The number of likely N-dealkylation sites (tertiary alicyclic amines) is 1. The van der Waals surface area contributed by atoms with Crippen LogP contribution in [0.4, 0.5) is 0 Å². The average Bonchev–Trinajstić information content (AvgIpc) is 3.21. The molecule has 27 heavy (non-hydrogen) atoms. The first kappa shape index (κ1) is 18.0. The Bertz CT molecular complexity index is 788. The maximum Gasteiger partial charge on any atom is 0.227 e. The van der Waals surface area contributed by atoms with Crippen molar-refractivity contribution < 1.29 is 14.3 Å². The van der Waals surface area contributed by atoms with Crippen molar-refractivity contribution in [2.24, 2.45) is 11.8 Å². The Morgan fingerprint density at radius 3 is 2.67 bits per heavy atom. The summed E-state index contributed by atoms with van der Waals surface area (Å²) in [5.74, 6) is 1.71. The lowest BCUT2D eigenvalue weighted by molar-refractivity contribution is -0.130. The van der Waals surface area contributed by atoms with E-state index in [1.54, 1.807) is 0 Å². The molecule has 1 aromatic carbocycles. The summed E-state index contributed by atoms with van der Waals surface area (Å²) >= 11 is 0. The van der Waals surface area contributed by atoms with Gasteiger partial charge in [0.2, 0.25) is 5.91 Å².